The molecule has 10 heteroatoms. The van der Waals surface area contributed by atoms with Crippen molar-refractivity contribution in [2.45, 2.75) is 37.8 Å². The molecule has 6 saturated heterocycles. The fourth-order valence-corrected chi connectivity index (χ4v) is 6.93. The molecule has 2 N–H and O–H groups in total. The lowest BCUT2D eigenvalue weighted by Crippen LogP contribution is -2.58. The average Bonchev–Trinajstić information content (AvgIpc) is 2.98. The smallest absolute Gasteiger partial charge is 0.328 e. The van der Waals surface area contributed by atoms with Gasteiger partial charge in [0.25, 0.3) is 11.8 Å². The highest BCUT2D eigenvalue weighted by atomic mass is 16.5. The van der Waals surface area contributed by atoms with Crippen LogP contribution in [-0.4, -0.2) is 99.1 Å². The molecule has 6 aliphatic heterocycles. The van der Waals surface area contributed by atoms with E-state index in [9.17, 15) is 19.2 Å². The number of ether oxygens (including phenoxy) is 2. The van der Waals surface area contributed by atoms with E-state index in [2.05, 4.69) is 20.4 Å². The molecule has 4 atom stereocenters. The zero-order valence-corrected chi connectivity index (χ0v) is 22.2. The molecule has 0 aliphatic carbocycles. The number of amides is 2. The Labute approximate surface area is 223 Å². The number of esters is 2. The van der Waals surface area contributed by atoms with Crippen LogP contribution in [0, 0.1) is 23.7 Å². The molecule has 10 nitrogen and oxygen atoms in total. The minimum Gasteiger partial charge on any atom is -0.467 e. The van der Waals surface area contributed by atoms with Crippen LogP contribution in [0.5, 0.6) is 0 Å². The lowest BCUT2D eigenvalue weighted by molar-refractivity contribution is -0.147. The van der Waals surface area contributed by atoms with Crippen molar-refractivity contribution in [1.29, 1.82) is 0 Å². The molecular formula is C28H38N4O6. The predicted molar refractivity (Wildman–Crippen MR) is 138 cm³/mol. The average molecular weight is 527 g/mol. The molecule has 7 rings (SSSR count). The van der Waals surface area contributed by atoms with Gasteiger partial charge in [0.15, 0.2) is 0 Å². The van der Waals surface area contributed by atoms with Crippen LogP contribution in [0.1, 0.15) is 46.4 Å². The van der Waals surface area contributed by atoms with E-state index in [0.29, 0.717) is 23.0 Å². The van der Waals surface area contributed by atoms with Crippen LogP contribution < -0.4 is 10.6 Å². The summed E-state index contributed by atoms with van der Waals surface area (Å²) in [5, 5.41) is 5.79. The molecule has 4 unspecified atom stereocenters. The minimum absolute atomic E-state index is 0.0144. The minimum atomic E-state index is -0.717. The third kappa shape index (κ3) is 5.42. The second-order valence-electron chi connectivity index (χ2n) is 11.1. The molecule has 0 saturated carbocycles. The van der Waals surface area contributed by atoms with E-state index < -0.39 is 24.0 Å². The van der Waals surface area contributed by atoms with Crippen LogP contribution in [0.3, 0.4) is 0 Å². The Morgan fingerprint density at radius 1 is 0.684 bits per heavy atom. The SMILES string of the molecule is COC(=O)C(NC(=O)c1ccc(C(=O)NC(C(=O)OC)C2CN3CCC2CC3)cc1)C1CN2CCC1CC2. The highest BCUT2D eigenvalue weighted by Gasteiger charge is 2.44. The van der Waals surface area contributed by atoms with Crippen LogP contribution in [0.15, 0.2) is 24.3 Å². The van der Waals surface area contributed by atoms with Gasteiger partial charge < -0.3 is 29.9 Å². The first kappa shape index (κ1) is 26.6. The Morgan fingerprint density at radius 2 is 1.03 bits per heavy atom. The van der Waals surface area contributed by atoms with E-state index in [1.807, 2.05) is 0 Å². The zero-order chi connectivity index (χ0) is 26.8. The normalized spacial score (nSPS) is 31.1. The van der Waals surface area contributed by atoms with Crippen molar-refractivity contribution < 1.29 is 28.7 Å². The lowest BCUT2D eigenvalue weighted by atomic mass is 9.75. The molecule has 4 bridgehead atoms. The molecule has 0 aromatic heterocycles. The maximum atomic E-state index is 13.1. The van der Waals surface area contributed by atoms with Gasteiger partial charge in [0.2, 0.25) is 0 Å². The van der Waals surface area contributed by atoms with E-state index in [0.717, 1.165) is 65.0 Å². The highest BCUT2D eigenvalue weighted by Crippen LogP contribution is 2.36. The van der Waals surface area contributed by atoms with Crippen molar-refractivity contribution in [2.24, 2.45) is 23.7 Å². The van der Waals surface area contributed by atoms with Gasteiger partial charge in [-0.15, -0.1) is 0 Å². The molecular weight excluding hydrogens is 488 g/mol. The van der Waals surface area contributed by atoms with Crippen LogP contribution in [0.2, 0.25) is 0 Å². The number of rotatable bonds is 8. The Balaban J connectivity index is 1.24. The number of carbonyl (C=O) groups excluding carboxylic acids is 4. The summed E-state index contributed by atoms with van der Waals surface area (Å²) in [5.74, 6) is -0.846. The summed E-state index contributed by atoms with van der Waals surface area (Å²) in [7, 11) is 2.68. The molecule has 0 spiro atoms. The zero-order valence-electron chi connectivity index (χ0n) is 22.2. The molecule has 6 heterocycles. The quantitative estimate of drug-likeness (QED) is 0.480. The third-order valence-corrected chi connectivity index (χ3v) is 9.16. The molecule has 206 valence electrons. The number of piperidine rings is 6. The second kappa shape index (κ2) is 11.4. The Hall–Kier alpha value is -2.98. The van der Waals surface area contributed by atoms with Gasteiger partial charge in [-0.25, -0.2) is 9.59 Å². The Bertz CT molecular complexity index is 963. The first-order valence-corrected chi connectivity index (χ1v) is 13.7. The van der Waals surface area contributed by atoms with Crippen molar-refractivity contribution in [2.75, 3.05) is 53.5 Å². The summed E-state index contributed by atoms with van der Waals surface area (Å²) in [6, 6.07) is 4.83. The Kier molecular flexibility index (Phi) is 7.99. The van der Waals surface area contributed by atoms with Crippen LogP contribution in [-0.2, 0) is 19.1 Å². The molecule has 1 aromatic carbocycles. The van der Waals surface area contributed by atoms with E-state index in [1.165, 1.54) is 14.2 Å². The first-order chi connectivity index (χ1) is 18.4. The maximum absolute atomic E-state index is 13.1. The molecule has 1 aromatic rings. The molecule has 38 heavy (non-hydrogen) atoms. The lowest BCUT2D eigenvalue weighted by Gasteiger charge is -2.47. The Morgan fingerprint density at radius 3 is 1.29 bits per heavy atom. The number of methoxy groups -OCH3 is 2. The molecule has 0 radical (unpaired) electrons. The third-order valence-electron chi connectivity index (χ3n) is 9.16. The number of hydrogen-bond acceptors (Lipinski definition) is 8. The number of nitrogens with one attached hydrogen (secondary N) is 2. The standard InChI is InChI=1S/C28H38N4O6/c1-37-27(35)23(21-15-31-11-7-17(21)8-12-31)29-25(33)19-3-5-20(6-4-19)26(34)30-24(28(36)38-2)22-16-32-13-9-18(22)10-14-32/h3-6,17-18,21-24H,7-16H2,1-2H3,(H,29,33)(H,30,34). The van der Waals surface area contributed by atoms with E-state index in [1.54, 1.807) is 24.3 Å². The van der Waals surface area contributed by atoms with Gasteiger partial charge in [0.05, 0.1) is 14.2 Å². The van der Waals surface area contributed by atoms with Gasteiger partial charge in [-0.1, -0.05) is 0 Å². The second-order valence-corrected chi connectivity index (χ2v) is 11.1. The van der Waals surface area contributed by atoms with Gasteiger partial charge in [-0.3, -0.25) is 9.59 Å². The van der Waals surface area contributed by atoms with E-state index >= 15 is 0 Å². The molecule has 6 fully saturated rings. The maximum Gasteiger partial charge on any atom is 0.328 e. The van der Waals surface area contributed by atoms with Crippen molar-refractivity contribution in [3.05, 3.63) is 35.4 Å². The van der Waals surface area contributed by atoms with Crippen LogP contribution >= 0.6 is 0 Å². The summed E-state index contributed by atoms with van der Waals surface area (Å²) >= 11 is 0. The molecule has 2 amide bonds. The summed E-state index contributed by atoms with van der Waals surface area (Å²) < 4.78 is 10.1. The van der Waals surface area contributed by atoms with Crippen LogP contribution in [0.4, 0.5) is 0 Å². The summed E-state index contributed by atoms with van der Waals surface area (Å²) in [6.45, 7) is 5.66. The number of carbonyl (C=O) groups is 4. The monoisotopic (exact) mass is 526 g/mol. The summed E-state index contributed by atoms with van der Waals surface area (Å²) in [4.78, 5) is 56.1. The van der Waals surface area contributed by atoms with Crippen LogP contribution in [0.25, 0.3) is 0 Å². The fraction of sp³-hybridized carbons (Fsp3) is 0.643. The van der Waals surface area contributed by atoms with Gasteiger partial charge in [0, 0.05) is 36.1 Å². The van der Waals surface area contributed by atoms with Gasteiger partial charge in [0.1, 0.15) is 12.1 Å². The number of nitrogens with zero attached hydrogens (tertiary/aromatic N) is 2. The first-order valence-electron chi connectivity index (χ1n) is 13.7. The topological polar surface area (TPSA) is 117 Å². The van der Waals surface area contributed by atoms with Gasteiger partial charge in [-0.2, -0.15) is 0 Å². The molecule has 6 aliphatic rings. The van der Waals surface area contributed by atoms with Crippen molar-refractivity contribution in [3.63, 3.8) is 0 Å². The number of hydrogen-bond donors (Lipinski definition) is 2. The van der Waals surface area contributed by atoms with Crippen molar-refractivity contribution in [3.8, 4) is 0 Å². The van der Waals surface area contributed by atoms with Gasteiger partial charge >= 0.3 is 11.9 Å². The van der Waals surface area contributed by atoms with E-state index in [4.69, 9.17) is 9.47 Å². The van der Waals surface area contributed by atoms with E-state index in [-0.39, 0.29) is 23.7 Å². The predicted octanol–water partition coefficient (Wildman–Crippen LogP) is 0.913. The summed E-state index contributed by atoms with van der Waals surface area (Å²) in [6.07, 6.45) is 4.07. The number of fused-ring (bicyclic) bond motifs is 6. The van der Waals surface area contributed by atoms with Crippen molar-refractivity contribution in [1.82, 2.24) is 20.4 Å². The van der Waals surface area contributed by atoms with Gasteiger partial charge in [-0.05, 0) is 88.0 Å². The number of benzene rings is 1. The largest absolute Gasteiger partial charge is 0.467 e. The fourth-order valence-electron chi connectivity index (χ4n) is 6.93. The highest BCUT2D eigenvalue weighted by molar-refractivity contribution is 6.00. The van der Waals surface area contributed by atoms with Crippen molar-refractivity contribution >= 4 is 23.8 Å². The summed E-state index contributed by atoms with van der Waals surface area (Å²) in [5.41, 5.74) is 0.692.